The molecule has 1 saturated heterocycles. The van der Waals surface area contributed by atoms with E-state index in [1.807, 2.05) is 0 Å². The first-order chi connectivity index (χ1) is 13.6. The third kappa shape index (κ3) is 2.90. The van der Waals surface area contributed by atoms with E-state index in [1.54, 1.807) is 30.3 Å². The SMILES string of the molecule is COC(=O)[C@@H]1[C@@H](N2CCCC2)[C@H]2C(=O)c3ccccc3OC2=C[C@H]1C(=O)OC. The van der Waals surface area contributed by atoms with E-state index in [2.05, 4.69) is 4.90 Å². The lowest BCUT2D eigenvalue weighted by Gasteiger charge is -2.44. The van der Waals surface area contributed by atoms with E-state index in [-0.39, 0.29) is 5.78 Å². The molecule has 3 aliphatic rings. The van der Waals surface area contributed by atoms with Crippen LogP contribution in [-0.4, -0.2) is 56.0 Å². The Morgan fingerprint density at radius 2 is 1.75 bits per heavy atom. The largest absolute Gasteiger partial charge is 0.469 e. The van der Waals surface area contributed by atoms with Crippen LogP contribution in [0, 0.1) is 17.8 Å². The van der Waals surface area contributed by atoms with Gasteiger partial charge >= 0.3 is 11.9 Å². The third-order valence-electron chi connectivity index (χ3n) is 5.92. The summed E-state index contributed by atoms with van der Waals surface area (Å²) in [5.74, 6) is -2.63. The summed E-state index contributed by atoms with van der Waals surface area (Å²) in [6, 6.07) is 6.53. The van der Waals surface area contributed by atoms with E-state index in [1.165, 1.54) is 14.2 Å². The molecule has 7 heteroatoms. The van der Waals surface area contributed by atoms with Crippen LogP contribution in [0.15, 0.2) is 36.1 Å². The second-order valence-electron chi connectivity index (χ2n) is 7.34. The van der Waals surface area contributed by atoms with E-state index in [0.29, 0.717) is 17.1 Å². The first kappa shape index (κ1) is 18.7. The molecule has 1 fully saturated rings. The first-order valence-corrected chi connectivity index (χ1v) is 9.49. The zero-order valence-electron chi connectivity index (χ0n) is 15.9. The minimum absolute atomic E-state index is 0.0952. The highest BCUT2D eigenvalue weighted by molar-refractivity contribution is 6.04. The molecular formula is C21H23NO6. The summed E-state index contributed by atoms with van der Waals surface area (Å²) in [4.78, 5) is 40.8. The average molecular weight is 385 g/mol. The lowest BCUT2D eigenvalue weighted by atomic mass is 9.69. The number of carbonyl (C=O) groups excluding carboxylic acids is 3. The van der Waals surface area contributed by atoms with Gasteiger partial charge in [-0.05, 0) is 44.1 Å². The van der Waals surface area contributed by atoms with Gasteiger partial charge in [0.05, 0.1) is 37.5 Å². The summed E-state index contributed by atoms with van der Waals surface area (Å²) in [6.07, 6.45) is 3.52. The summed E-state index contributed by atoms with van der Waals surface area (Å²) < 4.78 is 16.0. The smallest absolute Gasteiger partial charge is 0.313 e. The number of carbonyl (C=O) groups is 3. The second kappa shape index (κ2) is 7.39. The summed E-state index contributed by atoms with van der Waals surface area (Å²) in [7, 11) is 2.58. The number of methoxy groups -OCH3 is 2. The number of benzene rings is 1. The van der Waals surface area contributed by atoms with Crippen LogP contribution in [0.4, 0.5) is 0 Å². The van der Waals surface area contributed by atoms with Crippen molar-refractivity contribution in [2.24, 2.45) is 17.8 Å². The molecule has 0 saturated carbocycles. The summed E-state index contributed by atoms with van der Waals surface area (Å²) in [6.45, 7) is 1.51. The van der Waals surface area contributed by atoms with Crippen molar-refractivity contribution in [2.75, 3.05) is 27.3 Å². The molecule has 4 atom stereocenters. The highest BCUT2D eigenvalue weighted by atomic mass is 16.5. The monoisotopic (exact) mass is 385 g/mol. The summed E-state index contributed by atoms with van der Waals surface area (Å²) >= 11 is 0. The Hall–Kier alpha value is -2.67. The van der Waals surface area contributed by atoms with Crippen LogP contribution in [0.1, 0.15) is 23.2 Å². The highest BCUT2D eigenvalue weighted by Crippen LogP contribution is 2.45. The van der Waals surface area contributed by atoms with Crippen molar-refractivity contribution in [3.63, 3.8) is 0 Å². The van der Waals surface area contributed by atoms with Gasteiger partial charge in [0.2, 0.25) is 0 Å². The van der Waals surface area contributed by atoms with Crippen molar-refractivity contribution in [2.45, 2.75) is 18.9 Å². The molecule has 0 spiro atoms. The van der Waals surface area contributed by atoms with Crippen LogP contribution in [0.5, 0.6) is 5.75 Å². The van der Waals surface area contributed by atoms with Crippen molar-refractivity contribution < 1.29 is 28.6 Å². The van der Waals surface area contributed by atoms with Gasteiger partial charge in [-0.15, -0.1) is 0 Å². The van der Waals surface area contributed by atoms with Gasteiger partial charge in [-0.1, -0.05) is 12.1 Å². The van der Waals surface area contributed by atoms with Gasteiger partial charge in [-0.2, -0.15) is 0 Å². The van der Waals surface area contributed by atoms with Crippen LogP contribution in [0.25, 0.3) is 0 Å². The molecule has 0 bridgehead atoms. The molecule has 4 rings (SSSR count). The number of hydrogen-bond acceptors (Lipinski definition) is 7. The summed E-state index contributed by atoms with van der Waals surface area (Å²) in [5.41, 5.74) is 0.494. The van der Waals surface area contributed by atoms with Gasteiger partial charge in [0.1, 0.15) is 11.5 Å². The Bertz CT molecular complexity index is 841. The maximum atomic E-state index is 13.4. The number of ketones is 1. The highest BCUT2D eigenvalue weighted by Gasteiger charge is 2.55. The lowest BCUT2D eigenvalue weighted by molar-refractivity contribution is -0.160. The van der Waals surface area contributed by atoms with Gasteiger partial charge in [0.15, 0.2) is 5.78 Å². The molecule has 1 aliphatic carbocycles. The van der Waals surface area contributed by atoms with Crippen LogP contribution >= 0.6 is 0 Å². The fourth-order valence-electron chi connectivity index (χ4n) is 4.66. The number of fused-ring (bicyclic) bond motifs is 2. The Labute approximate surface area is 163 Å². The van der Waals surface area contributed by atoms with Crippen LogP contribution < -0.4 is 4.74 Å². The number of Topliss-reactive ketones (excluding diaryl/α,β-unsaturated/α-hetero) is 1. The van der Waals surface area contributed by atoms with Crippen molar-refractivity contribution in [1.29, 1.82) is 0 Å². The maximum absolute atomic E-state index is 13.4. The topological polar surface area (TPSA) is 82.1 Å². The van der Waals surface area contributed by atoms with Gasteiger partial charge in [0.25, 0.3) is 0 Å². The molecular weight excluding hydrogens is 362 g/mol. The molecule has 2 aliphatic heterocycles. The second-order valence-corrected chi connectivity index (χ2v) is 7.34. The Balaban J connectivity index is 1.87. The molecule has 7 nitrogen and oxygen atoms in total. The van der Waals surface area contributed by atoms with Crippen molar-refractivity contribution in [1.82, 2.24) is 4.90 Å². The fourth-order valence-corrected chi connectivity index (χ4v) is 4.66. The maximum Gasteiger partial charge on any atom is 0.313 e. The van der Waals surface area contributed by atoms with E-state index >= 15 is 0 Å². The molecule has 28 heavy (non-hydrogen) atoms. The quantitative estimate of drug-likeness (QED) is 0.734. The Kier molecular flexibility index (Phi) is 4.93. The molecule has 148 valence electrons. The van der Waals surface area contributed by atoms with Crippen LogP contribution in [-0.2, 0) is 19.1 Å². The number of hydrogen-bond donors (Lipinski definition) is 0. The molecule has 0 aromatic heterocycles. The number of rotatable bonds is 3. The predicted octanol–water partition coefficient (Wildman–Crippen LogP) is 1.82. The molecule has 0 N–H and O–H groups in total. The summed E-state index contributed by atoms with van der Waals surface area (Å²) in [5, 5.41) is 0. The van der Waals surface area contributed by atoms with Gasteiger partial charge in [-0.25, -0.2) is 0 Å². The van der Waals surface area contributed by atoms with E-state index in [0.717, 1.165) is 25.9 Å². The fraction of sp³-hybridized carbons (Fsp3) is 0.476. The zero-order chi connectivity index (χ0) is 19.8. The molecule has 1 aromatic carbocycles. The third-order valence-corrected chi connectivity index (χ3v) is 5.92. The van der Waals surface area contributed by atoms with E-state index in [4.69, 9.17) is 14.2 Å². The van der Waals surface area contributed by atoms with Gasteiger partial charge < -0.3 is 14.2 Å². The van der Waals surface area contributed by atoms with Crippen molar-refractivity contribution in [3.05, 3.63) is 41.7 Å². The van der Waals surface area contributed by atoms with Gasteiger partial charge in [-0.3, -0.25) is 19.3 Å². The lowest BCUT2D eigenvalue weighted by Crippen LogP contribution is -2.57. The molecule has 2 heterocycles. The predicted molar refractivity (Wildman–Crippen MR) is 98.6 cm³/mol. The minimum atomic E-state index is -0.868. The standard InChI is InChI=1S/C21H23NO6/c1-26-20(24)13-11-15-17(19(23)12-7-3-4-8-14(12)28-15)18(16(13)21(25)27-2)22-9-5-6-10-22/h3-4,7-8,11,13,16-18H,5-6,9-10H2,1-2H3/t13-,16+,17+,18-/m1/s1. The Morgan fingerprint density at radius 3 is 2.43 bits per heavy atom. The zero-order valence-corrected chi connectivity index (χ0v) is 15.9. The molecule has 0 radical (unpaired) electrons. The van der Waals surface area contributed by atoms with Crippen LogP contribution in [0.2, 0.25) is 0 Å². The molecule has 0 amide bonds. The average Bonchev–Trinajstić information content (AvgIpc) is 3.26. The Morgan fingerprint density at radius 1 is 1.07 bits per heavy atom. The number of likely N-dealkylation sites (tertiary alicyclic amines) is 1. The minimum Gasteiger partial charge on any atom is -0.469 e. The number of para-hydroxylation sites is 1. The molecule has 1 aromatic rings. The number of esters is 2. The molecule has 0 unspecified atom stereocenters. The van der Waals surface area contributed by atoms with E-state index in [9.17, 15) is 14.4 Å². The normalized spacial score (nSPS) is 29.2. The van der Waals surface area contributed by atoms with Crippen molar-refractivity contribution >= 4 is 17.7 Å². The first-order valence-electron chi connectivity index (χ1n) is 9.49. The van der Waals surface area contributed by atoms with Gasteiger partial charge in [0, 0.05) is 6.04 Å². The number of nitrogens with zero attached hydrogens (tertiary/aromatic N) is 1. The van der Waals surface area contributed by atoms with Crippen LogP contribution in [0.3, 0.4) is 0 Å². The van der Waals surface area contributed by atoms with E-state index < -0.39 is 35.7 Å². The van der Waals surface area contributed by atoms with Crippen molar-refractivity contribution in [3.8, 4) is 5.75 Å². The number of ether oxygens (including phenoxy) is 3.